The summed E-state index contributed by atoms with van der Waals surface area (Å²) in [5.74, 6) is 0.977. The highest BCUT2D eigenvalue weighted by atomic mass is 16.3. The number of nitrogens with zero attached hydrogens (tertiary/aromatic N) is 1. The predicted octanol–water partition coefficient (Wildman–Crippen LogP) is 1.12. The van der Waals surface area contributed by atoms with Gasteiger partial charge in [-0.15, -0.1) is 0 Å². The molecule has 0 saturated carbocycles. The van der Waals surface area contributed by atoms with E-state index < -0.39 is 11.6 Å². The highest BCUT2D eigenvalue weighted by Gasteiger charge is 2.53. The number of carbonyl (C=O) groups is 1. The van der Waals surface area contributed by atoms with Crippen LogP contribution in [-0.4, -0.2) is 28.6 Å². The fraction of sp³-hybridized carbons (Fsp3) is 0.357. The second-order valence-electron chi connectivity index (χ2n) is 5.09. The molecule has 4 heteroatoms. The Hall–Kier alpha value is -1.81. The van der Waals surface area contributed by atoms with Gasteiger partial charge in [-0.05, 0) is 11.6 Å². The average Bonchev–Trinajstić information content (AvgIpc) is 2.91. The highest BCUT2D eigenvalue weighted by molar-refractivity contribution is 5.94. The average molecular weight is 243 g/mol. The number of fused-ring (bicyclic) bond motifs is 1. The van der Waals surface area contributed by atoms with E-state index in [9.17, 15) is 9.90 Å². The third-order valence-electron chi connectivity index (χ3n) is 4.24. The van der Waals surface area contributed by atoms with Crippen LogP contribution in [0.1, 0.15) is 17.7 Å². The molecule has 1 spiro atoms. The van der Waals surface area contributed by atoms with Gasteiger partial charge in [0.05, 0.1) is 17.9 Å². The maximum absolute atomic E-state index is 12.1. The van der Waals surface area contributed by atoms with Gasteiger partial charge in [-0.3, -0.25) is 4.79 Å². The molecule has 0 radical (unpaired) electrons. The van der Waals surface area contributed by atoms with Gasteiger partial charge in [0.2, 0.25) is 5.91 Å². The van der Waals surface area contributed by atoms with E-state index in [1.165, 1.54) is 0 Å². The molecule has 1 amide bonds. The normalized spacial score (nSPS) is 32.9. The summed E-state index contributed by atoms with van der Waals surface area (Å²) in [7, 11) is 0. The van der Waals surface area contributed by atoms with Crippen molar-refractivity contribution >= 4 is 5.91 Å². The van der Waals surface area contributed by atoms with Gasteiger partial charge in [0.15, 0.2) is 0 Å². The zero-order valence-corrected chi connectivity index (χ0v) is 9.80. The Morgan fingerprint density at radius 2 is 2.39 bits per heavy atom. The van der Waals surface area contributed by atoms with E-state index in [0.29, 0.717) is 13.0 Å². The van der Waals surface area contributed by atoms with Crippen LogP contribution in [-0.2, 0) is 16.8 Å². The number of hydrogen-bond acceptors (Lipinski definition) is 3. The third kappa shape index (κ3) is 1.02. The van der Waals surface area contributed by atoms with Crippen LogP contribution in [0, 0.1) is 0 Å². The minimum atomic E-state index is -0.517. The van der Waals surface area contributed by atoms with Gasteiger partial charge in [-0.25, -0.2) is 0 Å². The molecule has 1 aliphatic carbocycles. The first-order valence-corrected chi connectivity index (χ1v) is 6.19. The van der Waals surface area contributed by atoms with Crippen molar-refractivity contribution < 1.29 is 14.3 Å². The number of aliphatic hydroxyl groups excluding tert-OH is 1. The first-order valence-electron chi connectivity index (χ1n) is 6.19. The van der Waals surface area contributed by atoms with Crippen molar-refractivity contribution in [3.05, 3.63) is 47.5 Å². The maximum atomic E-state index is 12.1. The van der Waals surface area contributed by atoms with Crippen LogP contribution in [0.15, 0.2) is 40.5 Å². The van der Waals surface area contributed by atoms with E-state index in [1.54, 1.807) is 18.4 Å². The second kappa shape index (κ2) is 3.14. The Morgan fingerprint density at radius 3 is 3.28 bits per heavy atom. The largest absolute Gasteiger partial charge is 0.469 e. The number of carbonyl (C=O) groups excluding carboxylic acids is 1. The number of amides is 1. The molecular weight excluding hydrogens is 230 g/mol. The zero-order chi connectivity index (χ0) is 12.3. The molecule has 18 heavy (non-hydrogen) atoms. The van der Waals surface area contributed by atoms with Gasteiger partial charge in [0.25, 0.3) is 0 Å². The minimum Gasteiger partial charge on any atom is -0.469 e. The van der Waals surface area contributed by atoms with Crippen molar-refractivity contribution in [2.45, 2.75) is 24.5 Å². The molecule has 2 atom stereocenters. The van der Waals surface area contributed by atoms with E-state index in [4.69, 9.17) is 4.42 Å². The second-order valence-corrected chi connectivity index (χ2v) is 5.09. The Labute approximate surface area is 104 Å². The highest BCUT2D eigenvalue weighted by Crippen LogP contribution is 2.50. The van der Waals surface area contributed by atoms with Gasteiger partial charge in [-0.1, -0.05) is 12.2 Å². The standard InChI is InChI=1S/C14H13NO3/c16-10-2-1-9-7-13(17)15-5-3-12-11(4-6-18-12)14(9,15)8-10/h1-2,4,6-7,10,16H,3,5,8H2/t10-,14-/m0/s1. The number of hydrogen-bond donors (Lipinski definition) is 1. The lowest BCUT2D eigenvalue weighted by atomic mass is 9.73. The molecule has 2 aliphatic heterocycles. The van der Waals surface area contributed by atoms with Gasteiger partial charge in [0, 0.05) is 31.0 Å². The molecule has 1 aromatic rings. The molecule has 0 bridgehead atoms. The van der Waals surface area contributed by atoms with Crippen molar-refractivity contribution in [2.24, 2.45) is 0 Å². The lowest BCUT2D eigenvalue weighted by Crippen LogP contribution is -2.52. The van der Waals surface area contributed by atoms with E-state index in [-0.39, 0.29) is 5.91 Å². The molecule has 0 saturated heterocycles. The quantitative estimate of drug-likeness (QED) is 0.743. The summed E-state index contributed by atoms with van der Waals surface area (Å²) in [6.45, 7) is 0.653. The fourth-order valence-electron chi connectivity index (χ4n) is 3.50. The minimum absolute atomic E-state index is 0.0376. The molecule has 3 aliphatic rings. The monoisotopic (exact) mass is 243 g/mol. The molecule has 0 fully saturated rings. The molecule has 1 aromatic heterocycles. The fourth-order valence-corrected chi connectivity index (χ4v) is 3.50. The van der Waals surface area contributed by atoms with Crippen molar-refractivity contribution in [1.29, 1.82) is 0 Å². The van der Waals surface area contributed by atoms with Crippen LogP contribution in [0.3, 0.4) is 0 Å². The van der Waals surface area contributed by atoms with Crippen LogP contribution >= 0.6 is 0 Å². The van der Waals surface area contributed by atoms with E-state index in [2.05, 4.69) is 0 Å². The lowest BCUT2D eigenvalue weighted by molar-refractivity contribution is -0.130. The smallest absolute Gasteiger partial charge is 0.247 e. The Bertz CT molecular complexity index is 598. The zero-order valence-electron chi connectivity index (χ0n) is 9.80. The molecule has 1 N–H and O–H groups in total. The van der Waals surface area contributed by atoms with Gasteiger partial charge in [0.1, 0.15) is 5.76 Å². The summed E-state index contributed by atoms with van der Waals surface area (Å²) in [5, 5.41) is 9.96. The number of aliphatic hydroxyl groups is 1. The van der Waals surface area contributed by atoms with E-state index in [0.717, 1.165) is 23.3 Å². The van der Waals surface area contributed by atoms with Gasteiger partial charge in [-0.2, -0.15) is 0 Å². The van der Waals surface area contributed by atoms with Crippen LogP contribution in [0.4, 0.5) is 0 Å². The Balaban J connectivity index is 1.99. The predicted molar refractivity (Wildman–Crippen MR) is 63.6 cm³/mol. The van der Waals surface area contributed by atoms with E-state index in [1.807, 2.05) is 17.0 Å². The molecular formula is C14H13NO3. The van der Waals surface area contributed by atoms with Crippen molar-refractivity contribution in [3.63, 3.8) is 0 Å². The molecule has 3 heterocycles. The maximum Gasteiger partial charge on any atom is 0.247 e. The van der Waals surface area contributed by atoms with Crippen molar-refractivity contribution in [1.82, 2.24) is 4.90 Å². The summed E-state index contributed by atoms with van der Waals surface area (Å²) in [6.07, 6.45) is 7.73. The topological polar surface area (TPSA) is 53.7 Å². The summed E-state index contributed by atoms with van der Waals surface area (Å²) in [6, 6.07) is 1.93. The van der Waals surface area contributed by atoms with Gasteiger partial charge < -0.3 is 14.4 Å². The molecule has 92 valence electrons. The molecule has 0 unspecified atom stereocenters. The summed E-state index contributed by atoms with van der Waals surface area (Å²) in [5.41, 5.74) is 1.51. The summed E-state index contributed by atoms with van der Waals surface area (Å²) >= 11 is 0. The number of furan rings is 1. The van der Waals surface area contributed by atoms with Crippen LogP contribution < -0.4 is 0 Å². The van der Waals surface area contributed by atoms with Crippen LogP contribution in [0.25, 0.3) is 0 Å². The Morgan fingerprint density at radius 1 is 1.50 bits per heavy atom. The molecule has 4 rings (SSSR count). The third-order valence-corrected chi connectivity index (χ3v) is 4.24. The molecule has 4 nitrogen and oxygen atoms in total. The van der Waals surface area contributed by atoms with Gasteiger partial charge >= 0.3 is 0 Å². The van der Waals surface area contributed by atoms with Crippen molar-refractivity contribution in [3.8, 4) is 0 Å². The SMILES string of the molecule is O=C1C=C2C=C[C@H](O)C[C@@]23c2ccoc2CCN13. The van der Waals surface area contributed by atoms with Crippen LogP contribution in [0.2, 0.25) is 0 Å². The van der Waals surface area contributed by atoms with Crippen molar-refractivity contribution in [2.75, 3.05) is 6.54 Å². The summed E-state index contributed by atoms with van der Waals surface area (Å²) in [4.78, 5) is 14.0. The Kier molecular flexibility index (Phi) is 1.77. The first-order chi connectivity index (χ1) is 8.72. The van der Waals surface area contributed by atoms with E-state index >= 15 is 0 Å². The lowest BCUT2D eigenvalue weighted by Gasteiger charge is -2.45. The summed E-state index contributed by atoms with van der Waals surface area (Å²) < 4.78 is 5.51. The molecule has 0 aromatic carbocycles. The number of rotatable bonds is 0. The van der Waals surface area contributed by atoms with Crippen LogP contribution in [0.5, 0.6) is 0 Å². The first kappa shape index (κ1) is 10.1.